The summed E-state index contributed by atoms with van der Waals surface area (Å²) in [4.78, 5) is 48.7. The predicted molar refractivity (Wildman–Crippen MR) is 93.3 cm³/mol. The minimum absolute atomic E-state index is 0.0591. The summed E-state index contributed by atoms with van der Waals surface area (Å²) in [5.41, 5.74) is -1.80. The molecule has 146 valence electrons. The molecule has 1 rings (SSSR count). The molecule has 8 nitrogen and oxygen atoms in total. The number of carbonyl (C=O) groups excluding carboxylic acids is 4. The minimum atomic E-state index is -2.49. The van der Waals surface area contributed by atoms with Crippen molar-refractivity contribution >= 4 is 23.9 Å². The average molecular weight is 378 g/mol. The molecule has 0 unspecified atom stereocenters. The Kier molecular flexibility index (Phi) is 8.19. The molecule has 27 heavy (non-hydrogen) atoms. The highest BCUT2D eigenvalue weighted by molar-refractivity contribution is 6.18. The third-order valence-corrected chi connectivity index (χ3v) is 3.84. The van der Waals surface area contributed by atoms with E-state index in [0.717, 1.165) is 26.9 Å². The predicted octanol–water partition coefficient (Wildman–Crippen LogP) is 1.22. The van der Waals surface area contributed by atoms with E-state index >= 15 is 0 Å². The summed E-state index contributed by atoms with van der Waals surface area (Å²) < 4.78 is 18.7. The van der Waals surface area contributed by atoms with E-state index in [2.05, 4.69) is 20.8 Å². The van der Waals surface area contributed by atoms with Crippen LogP contribution in [0.4, 0.5) is 0 Å². The number of ether oxygens (including phenoxy) is 4. The van der Waals surface area contributed by atoms with E-state index in [-0.39, 0.29) is 12.2 Å². The van der Waals surface area contributed by atoms with Gasteiger partial charge in [0.2, 0.25) is 0 Å². The summed E-state index contributed by atoms with van der Waals surface area (Å²) in [6.07, 6.45) is -0.223. The van der Waals surface area contributed by atoms with Gasteiger partial charge in [0.15, 0.2) is 0 Å². The molecule has 0 saturated carbocycles. The molecule has 0 aliphatic heterocycles. The summed E-state index contributed by atoms with van der Waals surface area (Å²) in [5, 5.41) is 0. The molecular formula is C19H22O8. The van der Waals surface area contributed by atoms with Gasteiger partial charge in [-0.2, -0.15) is 0 Å². The number of esters is 4. The van der Waals surface area contributed by atoms with Crippen LogP contribution in [0.2, 0.25) is 0 Å². The van der Waals surface area contributed by atoms with Gasteiger partial charge in [-0.05, 0) is 5.56 Å². The van der Waals surface area contributed by atoms with Gasteiger partial charge in [0.05, 0.1) is 27.9 Å². The van der Waals surface area contributed by atoms with Crippen molar-refractivity contribution < 1.29 is 38.1 Å². The molecule has 0 saturated heterocycles. The smallest absolute Gasteiger partial charge is 0.335 e. The number of hydrogen-bond acceptors (Lipinski definition) is 8. The van der Waals surface area contributed by atoms with Crippen LogP contribution in [-0.4, -0.2) is 51.8 Å². The van der Waals surface area contributed by atoms with Crippen LogP contribution in [-0.2, 0) is 44.5 Å². The molecular weight excluding hydrogens is 356 g/mol. The first-order valence-corrected chi connectivity index (χ1v) is 7.97. The van der Waals surface area contributed by atoms with E-state index in [1.54, 1.807) is 0 Å². The topological polar surface area (TPSA) is 105 Å². The first-order chi connectivity index (χ1) is 12.8. The maximum absolute atomic E-state index is 12.2. The van der Waals surface area contributed by atoms with Crippen molar-refractivity contribution in [1.29, 1.82) is 0 Å². The van der Waals surface area contributed by atoms with Gasteiger partial charge in [-0.25, -0.2) is 4.79 Å². The van der Waals surface area contributed by atoms with Gasteiger partial charge in [-0.3, -0.25) is 14.4 Å². The summed E-state index contributed by atoms with van der Waals surface area (Å²) in [6.45, 7) is 3.58. The van der Waals surface area contributed by atoms with Crippen molar-refractivity contribution in [2.24, 2.45) is 5.41 Å². The second-order valence-corrected chi connectivity index (χ2v) is 5.53. The van der Waals surface area contributed by atoms with E-state index in [9.17, 15) is 19.2 Å². The summed E-state index contributed by atoms with van der Waals surface area (Å²) in [7, 11) is 2.97. The summed E-state index contributed by atoms with van der Waals surface area (Å²) in [6, 6.07) is 9.32. The lowest BCUT2D eigenvalue weighted by molar-refractivity contribution is -0.180. The Morgan fingerprint density at radius 1 is 0.889 bits per heavy atom. The Morgan fingerprint density at radius 3 is 1.81 bits per heavy atom. The molecule has 8 heteroatoms. The normalized spacial score (nSPS) is 10.5. The Morgan fingerprint density at radius 2 is 1.37 bits per heavy atom. The van der Waals surface area contributed by atoms with Gasteiger partial charge < -0.3 is 18.9 Å². The van der Waals surface area contributed by atoms with Crippen molar-refractivity contribution in [3.05, 3.63) is 48.0 Å². The monoisotopic (exact) mass is 378 g/mol. The van der Waals surface area contributed by atoms with Gasteiger partial charge in [0, 0.05) is 18.4 Å². The van der Waals surface area contributed by atoms with Gasteiger partial charge >= 0.3 is 23.9 Å². The number of hydrogen-bond donors (Lipinski definition) is 0. The Labute approximate surface area is 157 Å². The lowest BCUT2D eigenvalue weighted by atomic mass is 9.81. The minimum Gasteiger partial charge on any atom is -0.468 e. The fourth-order valence-corrected chi connectivity index (χ4v) is 2.39. The van der Waals surface area contributed by atoms with Crippen molar-refractivity contribution in [1.82, 2.24) is 0 Å². The Bertz CT molecular complexity index is 667. The highest BCUT2D eigenvalue weighted by Crippen LogP contribution is 2.31. The molecule has 0 fully saturated rings. The van der Waals surface area contributed by atoms with Gasteiger partial charge in [0.25, 0.3) is 5.41 Å². The zero-order valence-corrected chi connectivity index (χ0v) is 15.5. The molecule has 0 radical (unpaired) electrons. The van der Waals surface area contributed by atoms with E-state index in [0.29, 0.717) is 6.42 Å². The first kappa shape index (κ1) is 21.9. The van der Waals surface area contributed by atoms with E-state index in [4.69, 9.17) is 4.74 Å². The largest absolute Gasteiger partial charge is 0.468 e. The van der Waals surface area contributed by atoms with Crippen LogP contribution in [0.15, 0.2) is 42.5 Å². The molecule has 0 bridgehead atoms. The van der Waals surface area contributed by atoms with Crippen LogP contribution in [0, 0.1) is 5.41 Å². The van der Waals surface area contributed by atoms with Crippen molar-refractivity contribution in [3.63, 3.8) is 0 Å². The van der Waals surface area contributed by atoms with Gasteiger partial charge in [0.1, 0.15) is 0 Å². The Hall–Kier alpha value is -3.16. The average Bonchev–Trinajstić information content (AvgIpc) is 2.70. The molecule has 0 heterocycles. The zero-order chi connectivity index (χ0) is 20.4. The molecule has 0 aliphatic rings. The quantitative estimate of drug-likeness (QED) is 0.273. The molecule has 0 aromatic heterocycles. The number of methoxy groups -OCH3 is 3. The van der Waals surface area contributed by atoms with Crippen molar-refractivity contribution in [2.45, 2.75) is 12.8 Å². The molecule has 0 spiro atoms. The molecule has 0 atom stereocenters. The van der Waals surface area contributed by atoms with Crippen LogP contribution >= 0.6 is 0 Å². The van der Waals surface area contributed by atoms with Crippen LogP contribution in [0.5, 0.6) is 0 Å². The fraction of sp³-hybridized carbons (Fsp3) is 0.368. The number of benzene rings is 1. The van der Waals surface area contributed by atoms with E-state index < -0.39 is 35.7 Å². The first-order valence-electron chi connectivity index (χ1n) is 7.97. The zero-order valence-electron chi connectivity index (χ0n) is 15.5. The molecule has 0 N–H and O–H groups in total. The second kappa shape index (κ2) is 10.1. The van der Waals surface area contributed by atoms with Crippen LogP contribution in [0.1, 0.15) is 12.0 Å². The van der Waals surface area contributed by atoms with Crippen molar-refractivity contribution in [2.75, 3.05) is 27.9 Å². The fourth-order valence-electron chi connectivity index (χ4n) is 2.39. The lowest BCUT2D eigenvalue weighted by Crippen LogP contribution is -2.49. The lowest BCUT2D eigenvalue weighted by Gasteiger charge is -2.25. The van der Waals surface area contributed by atoms with Crippen LogP contribution < -0.4 is 0 Å². The third kappa shape index (κ3) is 5.16. The van der Waals surface area contributed by atoms with E-state index in [1.165, 1.54) is 0 Å². The molecule has 0 aliphatic carbocycles. The highest BCUT2D eigenvalue weighted by Gasteiger charge is 2.57. The number of rotatable bonds is 9. The maximum atomic E-state index is 12.2. The summed E-state index contributed by atoms with van der Waals surface area (Å²) >= 11 is 0. The standard InChI is InChI=1S/C19H22O8/c1-13(15(20)27-11-10-14-8-6-5-7-9-14)12-19(16(21)24-2,17(22)25-3)18(23)26-4/h5-9H,1,10-12H2,2-4H3. The van der Waals surface area contributed by atoms with Crippen LogP contribution in [0.3, 0.4) is 0 Å². The summed E-state index contributed by atoms with van der Waals surface area (Å²) in [5.74, 6) is -4.52. The maximum Gasteiger partial charge on any atom is 0.335 e. The SMILES string of the molecule is C=C(CC(C(=O)OC)(C(=O)OC)C(=O)OC)C(=O)OCCc1ccccc1. The molecule has 1 aromatic rings. The molecule has 0 amide bonds. The highest BCUT2D eigenvalue weighted by atomic mass is 16.6. The van der Waals surface area contributed by atoms with Crippen LogP contribution in [0.25, 0.3) is 0 Å². The number of carbonyl (C=O) groups is 4. The van der Waals surface area contributed by atoms with Crippen molar-refractivity contribution in [3.8, 4) is 0 Å². The van der Waals surface area contributed by atoms with E-state index in [1.807, 2.05) is 30.3 Å². The Balaban J connectivity index is 2.88. The van der Waals surface area contributed by atoms with Gasteiger partial charge in [-0.1, -0.05) is 36.9 Å². The molecule has 1 aromatic carbocycles. The second-order valence-electron chi connectivity index (χ2n) is 5.53. The van der Waals surface area contributed by atoms with Gasteiger partial charge in [-0.15, -0.1) is 0 Å². The third-order valence-electron chi connectivity index (χ3n) is 3.84.